The normalized spacial score (nSPS) is 11.1. The summed E-state index contributed by atoms with van der Waals surface area (Å²) in [6, 6.07) is 4.36. The Labute approximate surface area is 124 Å². The highest BCUT2D eigenvalue weighted by Gasteiger charge is 2.11. The average Bonchev–Trinajstić information content (AvgIpc) is 2.49. The molecule has 1 aromatic rings. The van der Waals surface area contributed by atoms with Crippen LogP contribution in [-0.2, 0) is 6.54 Å². The van der Waals surface area contributed by atoms with Crippen molar-refractivity contribution in [3.05, 3.63) is 24.0 Å². The molecule has 0 fully saturated rings. The van der Waals surface area contributed by atoms with Gasteiger partial charge < -0.3 is 10.2 Å². The van der Waals surface area contributed by atoms with Crippen LogP contribution in [0.3, 0.4) is 0 Å². The summed E-state index contributed by atoms with van der Waals surface area (Å²) in [5.74, 6) is 0.782. The molecule has 0 spiro atoms. The Balaban J connectivity index is 2.69. The molecule has 0 bridgehead atoms. The van der Waals surface area contributed by atoms with Gasteiger partial charge in [0.1, 0.15) is 0 Å². The second kappa shape index (κ2) is 9.76. The maximum atomic E-state index is 4.46. The monoisotopic (exact) mass is 277 g/mol. The van der Waals surface area contributed by atoms with Gasteiger partial charge in [-0.25, -0.2) is 0 Å². The Morgan fingerprint density at radius 2 is 1.95 bits per heavy atom. The lowest BCUT2D eigenvalue weighted by atomic mass is 10.0. The molecule has 1 rings (SSSR count). The fourth-order valence-electron chi connectivity index (χ4n) is 2.43. The van der Waals surface area contributed by atoms with Gasteiger partial charge in [-0.05, 0) is 37.9 Å². The van der Waals surface area contributed by atoms with E-state index in [4.69, 9.17) is 0 Å². The van der Waals surface area contributed by atoms with E-state index in [0.717, 1.165) is 44.2 Å². The molecule has 1 heterocycles. The van der Waals surface area contributed by atoms with E-state index in [-0.39, 0.29) is 0 Å². The van der Waals surface area contributed by atoms with E-state index >= 15 is 0 Å². The second-order valence-electron chi connectivity index (χ2n) is 5.40. The first-order valence-electron chi connectivity index (χ1n) is 8.15. The molecule has 0 amide bonds. The molecule has 1 N–H and O–H groups in total. The number of rotatable bonds is 10. The number of nitrogens with one attached hydrogen (secondary N) is 1. The molecule has 0 unspecified atom stereocenters. The molecular weight excluding hydrogens is 246 g/mol. The summed E-state index contributed by atoms with van der Waals surface area (Å²) in [6.07, 6.45) is 5.61. The Bertz CT molecular complexity index is 361. The average molecular weight is 277 g/mol. The Hall–Kier alpha value is -1.09. The van der Waals surface area contributed by atoms with E-state index in [1.165, 1.54) is 18.5 Å². The van der Waals surface area contributed by atoms with Crippen molar-refractivity contribution in [2.24, 2.45) is 5.92 Å². The zero-order chi connectivity index (χ0) is 14.8. The number of hydrogen-bond acceptors (Lipinski definition) is 3. The largest absolute Gasteiger partial charge is 0.371 e. The Kier molecular flexibility index (Phi) is 8.28. The van der Waals surface area contributed by atoms with Gasteiger partial charge in [0.05, 0.1) is 5.69 Å². The molecule has 0 aliphatic heterocycles. The highest BCUT2D eigenvalue weighted by Crippen LogP contribution is 2.18. The summed E-state index contributed by atoms with van der Waals surface area (Å²) in [5.41, 5.74) is 2.45. The van der Waals surface area contributed by atoms with Crippen molar-refractivity contribution >= 4 is 5.69 Å². The molecule has 0 atom stereocenters. The lowest BCUT2D eigenvalue weighted by Crippen LogP contribution is -2.29. The molecule has 0 aliphatic rings. The molecule has 1 aromatic heterocycles. The van der Waals surface area contributed by atoms with E-state index in [1.54, 1.807) is 0 Å². The van der Waals surface area contributed by atoms with Gasteiger partial charge in [0.2, 0.25) is 0 Å². The van der Waals surface area contributed by atoms with Crippen LogP contribution in [0.5, 0.6) is 0 Å². The molecule has 3 heteroatoms. The highest BCUT2D eigenvalue weighted by atomic mass is 15.1. The minimum absolute atomic E-state index is 0.782. The second-order valence-corrected chi connectivity index (χ2v) is 5.40. The molecular formula is C17H31N3. The molecule has 3 nitrogen and oxygen atoms in total. The van der Waals surface area contributed by atoms with Crippen LogP contribution in [-0.4, -0.2) is 24.6 Å². The summed E-state index contributed by atoms with van der Waals surface area (Å²) in [4.78, 5) is 6.93. The van der Waals surface area contributed by atoms with E-state index in [9.17, 15) is 0 Å². The number of nitrogens with zero attached hydrogens (tertiary/aromatic N) is 2. The van der Waals surface area contributed by atoms with Crippen molar-refractivity contribution in [2.45, 2.75) is 53.5 Å². The van der Waals surface area contributed by atoms with E-state index in [1.807, 2.05) is 6.20 Å². The van der Waals surface area contributed by atoms with Gasteiger partial charge in [-0.15, -0.1) is 0 Å². The summed E-state index contributed by atoms with van der Waals surface area (Å²) in [6.45, 7) is 13.1. The zero-order valence-corrected chi connectivity index (χ0v) is 13.7. The SMILES string of the molecule is CCCNCc1cc(N(CC)CC(CC)CC)ccn1. The third kappa shape index (κ3) is 5.49. The molecule has 0 radical (unpaired) electrons. The molecule has 20 heavy (non-hydrogen) atoms. The molecule has 114 valence electrons. The molecule has 0 aromatic carbocycles. The smallest absolute Gasteiger partial charge is 0.0562 e. The third-order valence-electron chi connectivity index (χ3n) is 3.91. The van der Waals surface area contributed by atoms with Crippen LogP contribution in [0.25, 0.3) is 0 Å². The van der Waals surface area contributed by atoms with E-state index in [2.05, 4.69) is 55.0 Å². The molecule has 0 saturated carbocycles. The van der Waals surface area contributed by atoms with Crippen LogP contribution in [0.2, 0.25) is 0 Å². The maximum absolute atomic E-state index is 4.46. The standard InChI is InChI=1S/C17H31N3/c1-5-10-18-13-16-12-17(9-11-19-16)20(8-4)14-15(6-2)7-3/h9,11-12,15,18H,5-8,10,13-14H2,1-4H3. The third-order valence-corrected chi connectivity index (χ3v) is 3.91. The van der Waals surface area contributed by atoms with Crippen molar-refractivity contribution in [2.75, 3.05) is 24.5 Å². The van der Waals surface area contributed by atoms with Crippen LogP contribution in [0, 0.1) is 5.92 Å². The van der Waals surface area contributed by atoms with Crippen molar-refractivity contribution in [1.82, 2.24) is 10.3 Å². The number of aromatic nitrogens is 1. The van der Waals surface area contributed by atoms with Crippen LogP contribution >= 0.6 is 0 Å². The molecule has 0 aliphatic carbocycles. The van der Waals surface area contributed by atoms with Crippen LogP contribution in [0.4, 0.5) is 5.69 Å². The quantitative estimate of drug-likeness (QED) is 0.659. The van der Waals surface area contributed by atoms with Gasteiger partial charge >= 0.3 is 0 Å². The van der Waals surface area contributed by atoms with Crippen molar-refractivity contribution in [3.63, 3.8) is 0 Å². The topological polar surface area (TPSA) is 28.2 Å². The molecule has 0 saturated heterocycles. The predicted molar refractivity (Wildman–Crippen MR) is 88.2 cm³/mol. The summed E-state index contributed by atoms with van der Waals surface area (Å²) < 4.78 is 0. The predicted octanol–water partition coefficient (Wildman–Crippen LogP) is 3.84. The minimum Gasteiger partial charge on any atom is -0.371 e. The van der Waals surface area contributed by atoms with E-state index < -0.39 is 0 Å². The van der Waals surface area contributed by atoms with Gasteiger partial charge in [-0.3, -0.25) is 4.98 Å². The lowest BCUT2D eigenvalue weighted by Gasteiger charge is -2.27. The Morgan fingerprint density at radius 3 is 2.55 bits per heavy atom. The highest BCUT2D eigenvalue weighted by molar-refractivity contribution is 5.46. The summed E-state index contributed by atoms with van der Waals surface area (Å²) >= 11 is 0. The fourth-order valence-corrected chi connectivity index (χ4v) is 2.43. The number of hydrogen-bond donors (Lipinski definition) is 1. The fraction of sp³-hybridized carbons (Fsp3) is 0.706. The lowest BCUT2D eigenvalue weighted by molar-refractivity contribution is 0.486. The first-order chi connectivity index (χ1) is 9.74. The Morgan fingerprint density at radius 1 is 1.20 bits per heavy atom. The van der Waals surface area contributed by atoms with Crippen molar-refractivity contribution in [1.29, 1.82) is 0 Å². The number of pyridine rings is 1. The van der Waals surface area contributed by atoms with Crippen molar-refractivity contribution < 1.29 is 0 Å². The maximum Gasteiger partial charge on any atom is 0.0562 e. The van der Waals surface area contributed by atoms with Gasteiger partial charge in [0.15, 0.2) is 0 Å². The number of anilines is 1. The van der Waals surface area contributed by atoms with Crippen molar-refractivity contribution in [3.8, 4) is 0 Å². The first kappa shape index (κ1) is 17.0. The summed E-state index contributed by atoms with van der Waals surface area (Å²) in [7, 11) is 0. The first-order valence-corrected chi connectivity index (χ1v) is 8.15. The summed E-state index contributed by atoms with van der Waals surface area (Å²) in [5, 5.41) is 3.42. The minimum atomic E-state index is 0.782. The van der Waals surface area contributed by atoms with Gasteiger partial charge in [-0.1, -0.05) is 33.6 Å². The van der Waals surface area contributed by atoms with Crippen LogP contribution in [0.1, 0.15) is 52.7 Å². The van der Waals surface area contributed by atoms with Gasteiger partial charge in [-0.2, -0.15) is 0 Å². The zero-order valence-electron chi connectivity index (χ0n) is 13.7. The van der Waals surface area contributed by atoms with Crippen LogP contribution < -0.4 is 10.2 Å². The van der Waals surface area contributed by atoms with E-state index in [0.29, 0.717) is 0 Å². The van der Waals surface area contributed by atoms with Gasteiger partial charge in [0, 0.05) is 31.5 Å². The van der Waals surface area contributed by atoms with Crippen LogP contribution in [0.15, 0.2) is 18.3 Å². The van der Waals surface area contributed by atoms with Gasteiger partial charge in [0.25, 0.3) is 0 Å².